The molecule has 0 amide bonds. The maximum absolute atomic E-state index is 13.0. The molecular formula is C51H84O15. The lowest BCUT2D eigenvalue weighted by molar-refractivity contribution is -0.332. The summed E-state index contributed by atoms with van der Waals surface area (Å²) < 4.78 is 33.5. The molecule has 0 aromatic heterocycles. The number of aliphatic hydroxyl groups is 7. The van der Waals surface area contributed by atoms with Gasteiger partial charge in [0.05, 0.1) is 19.8 Å². The standard InChI is InChI=1S/C51H84O15/c1-3-5-7-9-11-13-15-17-19-21-23-25-27-29-31-33-42(53)61-36-39(64-43(54)34-32-30-28-26-24-22-20-18-16-14-12-10-8-6-4-2)37-62-50-49(60)47(58)45(56)41(66-50)38-63-51-48(59)46(57)44(55)40(35-52)65-51/h6,8,10,12,14-16,18-20,39-41,44-52,55-60H,3-5,7,9,11,13,21-38H2,1-2H3/b8-6+,12-10+,16-14+,20-18+/t17?,39-,40-,41-,44+,45+,46?,47?,48?,49?,50-,51-/m1/s1. The number of aliphatic hydroxyl groups excluding tert-OH is 7. The molecule has 0 bridgehead atoms. The molecule has 0 aromatic rings. The average Bonchev–Trinajstić information content (AvgIpc) is 3.31. The minimum absolute atomic E-state index is 0.131. The first kappa shape index (κ1) is 59.1. The van der Waals surface area contributed by atoms with Crippen LogP contribution < -0.4 is 0 Å². The lowest BCUT2D eigenvalue weighted by Gasteiger charge is -2.42. The number of carbonyl (C=O) groups is 2. The molecule has 2 rings (SSSR count). The number of rotatable bonds is 36. The molecule has 2 saturated heterocycles. The number of unbranched alkanes of at least 4 members (excludes halogenated alkanes) is 15. The summed E-state index contributed by atoms with van der Waals surface area (Å²) in [6.07, 6.45) is 23.1. The van der Waals surface area contributed by atoms with Crippen LogP contribution in [0.5, 0.6) is 0 Å². The molecule has 0 aliphatic carbocycles. The first-order chi connectivity index (χ1) is 32.0. The minimum atomic E-state index is -1.78. The molecule has 4 unspecified atom stereocenters. The molecule has 2 fully saturated rings. The van der Waals surface area contributed by atoms with Crippen molar-refractivity contribution >= 4 is 11.9 Å². The van der Waals surface area contributed by atoms with Crippen LogP contribution in [-0.4, -0.2) is 142 Å². The fraction of sp³-hybridized carbons (Fsp3) is 0.745. The van der Waals surface area contributed by atoms with Gasteiger partial charge >= 0.3 is 11.9 Å². The van der Waals surface area contributed by atoms with E-state index in [1.54, 1.807) is 0 Å². The fourth-order valence-corrected chi connectivity index (χ4v) is 7.26. The lowest BCUT2D eigenvalue weighted by atomic mass is 9.98. The van der Waals surface area contributed by atoms with Crippen LogP contribution in [-0.2, 0) is 38.0 Å². The van der Waals surface area contributed by atoms with Gasteiger partial charge in [-0.3, -0.25) is 9.59 Å². The molecule has 66 heavy (non-hydrogen) atoms. The molecule has 15 nitrogen and oxygen atoms in total. The van der Waals surface area contributed by atoms with Gasteiger partial charge in [0, 0.05) is 12.8 Å². The zero-order chi connectivity index (χ0) is 48.2. The highest BCUT2D eigenvalue weighted by Gasteiger charge is 2.47. The van der Waals surface area contributed by atoms with Gasteiger partial charge in [0.25, 0.3) is 0 Å². The van der Waals surface area contributed by atoms with Crippen molar-refractivity contribution in [3.05, 3.63) is 66.5 Å². The summed E-state index contributed by atoms with van der Waals surface area (Å²) >= 11 is 0. The zero-order valence-corrected chi connectivity index (χ0v) is 39.7. The number of carbonyl (C=O) groups excluding carboxylic acids is 2. The molecule has 2 aliphatic rings. The van der Waals surface area contributed by atoms with Crippen molar-refractivity contribution in [1.29, 1.82) is 0 Å². The molecule has 0 radical (unpaired) electrons. The quantitative estimate of drug-likeness (QED) is 0.0159. The van der Waals surface area contributed by atoms with Gasteiger partial charge < -0.3 is 64.2 Å². The summed E-state index contributed by atoms with van der Waals surface area (Å²) in [4.78, 5) is 25.7. The molecule has 0 spiro atoms. The van der Waals surface area contributed by atoms with Crippen molar-refractivity contribution in [3.8, 4) is 0 Å². The highest BCUT2D eigenvalue weighted by molar-refractivity contribution is 5.70. The Kier molecular flexibility index (Phi) is 33.9. The smallest absolute Gasteiger partial charge is 0.306 e. The van der Waals surface area contributed by atoms with E-state index in [9.17, 15) is 45.3 Å². The number of ether oxygens (including phenoxy) is 6. The largest absolute Gasteiger partial charge is 0.462 e. The van der Waals surface area contributed by atoms with Crippen molar-refractivity contribution < 1.29 is 73.8 Å². The van der Waals surface area contributed by atoms with E-state index in [1.165, 1.54) is 32.1 Å². The van der Waals surface area contributed by atoms with Crippen LogP contribution in [0.25, 0.3) is 0 Å². The minimum Gasteiger partial charge on any atom is -0.462 e. The number of esters is 2. The maximum atomic E-state index is 13.0. The topological polar surface area (TPSA) is 231 Å². The van der Waals surface area contributed by atoms with E-state index in [2.05, 4.69) is 43.9 Å². The first-order valence-electron chi connectivity index (χ1n) is 24.7. The second-order valence-corrected chi connectivity index (χ2v) is 17.1. The van der Waals surface area contributed by atoms with Crippen molar-refractivity contribution in [2.45, 2.75) is 216 Å². The Balaban J connectivity index is 1.85. The molecule has 2 aliphatic heterocycles. The predicted octanol–water partition coefficient (Wildman–Crippen LogP) is 6.25. The van der Waals surface area contributed by atoms with E-state index in [1.807, 2.05) is 36.5 Å². The van der Waals surface area contributed by atoms with Crippen LogP contribution in [0, 0.1) is 0 Å². The molecule has 0 aromatic carbocycles. The number of hydrogen-bond donors (Lipinski definition) is 7. The summed E-state index contributed by atoms with van der Waals surface area (Å²) in [5.74, 6) is -0.980. The monoisotopic (exact) mass is 937 g/mol. The molecule has 378 valence electrons. The van der Waals surface area contributed by atoms with Gasteiger partial charge in [-0.15, -0.1) is 5.73 Å². The first-order valence-corrected chi connectivity index (χ1v) is 24.7. The van der Waals surface area contributed by atoms with Gasteiger partial charge in [-0.2, -0.15) is 0 Å². The zero-order valence-electron chi connectivity index (χ0n) is 39.7. The number of allylic oxidation sites excluding steroid dienone is 9. The summed E-state index contributed by atoms with van der Waals surface area (Å²) in [5.41, 5.74) is 3.28. The Morgan fingerprint density at radius 2 is 1.05 bits per heavy atom. The summed E-state index contributed by atoms with van der Waals surface area (Å²) in [6, 6.07) is 0. The summed E-state index contributed by atoms with van der Waals surface area (Å²) in [6.45, 7) is 2.36. The Hall–Kier alpha value is -3.02. The van der Waals surface area contributed by atoms with Gasteiger partial charge in [0.1, 0.15) is 55.4 Å². The van der Waals surface area contributed by atoms with Crippen LogP contribution in [0.4, 0.5) is 0 Å². The third-order valence-corrected chi connectivity index (χ3v) is 11.3. The fourth-order valence-electron chi connectivity index (χ4n) is 7.26. The second kappa shape index (κ2) is 37.9. The van der Waals surface area contributed by atoms with Crippen LogP contribution in [0.15, 0.2) is 66.5 Å². The lowest BCUT2D eigenvalue weighted by Crippen LogP contribution is -2.61. The SMILES string of the molecule is CC/C=C/C=C/C=C/C=C/CCCCCCCC(=O)O[C@H](COC(=O)CCCCCCCC=C=CCCCCCCC)CO[C@@H]1O[C@H](CO[C@@H]2O[C@H](CO)[C@H](O)C(O)C2O)[C@H](O)C(O)C1O. The number of hydrogen-bond acceptors (Lipinski definition) is 15. The van der Waals surface area contributed by atoms with E-state index >= 15 is 0 Å². The molecule has 11 atom stereocenters. The van der Waals surface area contributed by atoms with Gasteiger partial charge in [-0.05, 0) is 69.9 Å². The Labute approximate surface area is 393 Å². The predicted molar refractivity (Wildman–Crippen MR) is 251 cm³/mol. The van der Waals surface area contributed by atoms with Crippen molar-refractivity contribution in [2.24, 2.45) is 0 Å². The molecule has 7 N–H and O–H groups in total. The normalized spacial score (nSPS) is 26.3. The average molecular weight is 937 g/mol. The van der Waals surface area contributed by atoms with E-state index in [-0.39, 0.29) is 19.4 Å². The van der Waals surface area contributed by atoms with E-state index < -0.39 is 99.3 Å². The molecule has 0 saturated carbocycles. The van der Waals surface area contributed by atoms with Crippen LogP contribution in [0.3, 0.4) is 0 Å². The van der Waals surface area contributed by atoms with Crippen LogP contribution in [0.2, 0.25) is 0 Å². The maximum Gasteiger partial charge on any atom is 0.306 e. The van der Waals surface area contributed by atoms with E-state index in [4.69, 9.17) is 28.4 Å². The van der Waals surface area contributed by atoms with Gasteiger partial charge in [0.15, 0.2) is 18.7 Å². The van der Waals surface area contributed by atoms with Crippen molar-refractivity contribution in [3.63, 3.8) is 0 Å². The van der Waals surface area contributed by atoms with Gasteiger partial charge in [0.2, 0.25) is 0 Å². The van der Waals surface area contributed by atoms with Crippen molar-refractivity contribution in [1.82, 2.24) is 0 Å². The van der Waals surface area contributed by atoms with Gasteiger partial charge in [-0.1, -0.05) is 127 Å². The molecule has 2 heterocycles. The van der Waals surface area contributed by atoms with E-state index in [0.717, 1.165) is 77.0 Å². The Morgan fingerprint density at radius 3 is 1.65 bits per heavy atom. The van der Waals surface area contributed by atoms with Crippen LogP contribution >= 0.6 is 0 Å². The van der Waals surface area contributed by atoms with E-state index in [0.29, 0.717) is 12.8 Å². The highest BCUT2D eigenvalue weighted by Crippen LogP contribution is 2.26. The Bertz CT molecular complexity index is 1440. The summed E-state index contributed by atoms with van der Waals surface area (Å²) in [5, 5.41) is 72.0. The van der Waals surface area contributed by atoms with Gasteiger partial charge in [-0.25, -0.2) is 0 Å². The molecular weight excluding hydrogens is 853 g/mol. The Morgan fingerprint density at radius 1 is 0.545 bits per heavy atom. The van der Waals surface area contributed by atoms with Crippen molar-refractivity contribution in [2.75, 3.05) is 26.4 Å². The highest BCUT2D eigenvalue weighted by atomic mass is 16.7. The third-order valence-electron chi connectivity index (χ3n) is 11.3. The molecule has 15 heteroatoms. The van der Waals surface area contributed by atoms with Crippen LogP contribution in [0.1, 0.15) is 149 Å². The third kappa shape index (κ3) is 25.9. The second-order valence-electron chi connectivity index (χ2n) is 17.1. The summed E-state index contributed by atoms with van der Waals surface area (Å²) in [7, 11) is 0.